The van der Waals surface area contributed by atoms with Gasteiger partial charge < -0.3 is 26.0 Å². The predicted molar refractivity (Wildman–Crippen MR) is 110 cm³/mol. The van der Waals surface area contributed by atoms with Crippen molar-refractivity contribution in [2.45, 2.75) is 12.6 Å². The molecule has 0 aliphatic carbocycles. The van der Waals surface area contributed by atoms with E-state index in [2.05, 4.69) is 22.2 Å². The number of nitrogen functional groups attached to an aromatic ring is 1. The molecule has 0 amide bonds. The third kappa shape index (κ3) is 4.98. The highest BCUT2D eigenvalue weighted by atomic mass is 16.6. The van der Waals surface area contributed by atoms with Crippen LogP contribution in [0, 0.1) is 10.1 Å². The van der Waals surface area contributed by atoms with Gasteiger partial charge >= 0.3 is 0 Å². The van der Waals surface area contributed by atoms with Gasteiger partial charge in [-0.25, -0.2) is 0 Å². The molecule has 8 nitrogen and oxygen atoms in total. The van der Waals surface area contributed by atoms with Gasteiger partial charge in [0.15, 0.2) is 6.23 Å². The fourth-order valence-electron chi connectivity index (χ4n) is 3.33. The topological polar surface area (TPSA) is 108 Å². The molecule has 28 heavy (non-hydrogen) atoms. The highest BCUT2D eigenvalue weighted by Gasteiger charge is 2.19. The molecule has 0 spiro atoms. The fourth-order valence-corrected chi connectivity index (χ4v) is 3.33. The number of hydrogen-bond acceptors (Lipinski definition) is 7. The van der Waals surface area contributed by atoms with E-state index < -0.39 is 11.2 Å². The summed E-state index contributed by atoms with van der Waals surface area (Å²) in [6.07, 6.45) is -0.152. The summed E-state index contributed by atoms with van der Waals surface area (Å²) in [6, 6.07) is 12.3. The Hall–Kier alpha value is -2.68. The Morgan fingerprint density at radius 3 is 2.50 bits per heavy atom. The van der Waals surface area contributed by atoms with Crippen molar-refractivity contribution >= 4 is 17.1 Å². The summed E-state index contributed by atoms with van der Waals surface area (Å²) in [7, 11) is 2.15. The number of nitrogens with zero attached hydrogens (tertiary/aromatic N) is 3. The van der Waals surface area contributed by atoms with Crippen LogP contribution in [-0.2, 0) is 6.42 Å². The number of nitrogens with two attached hydrogens (primary N) is 1. The van der Waals surface area contributed by atoms with Gasteiger partial charge in [0.05, 0.1) is 4.92 Å². The number of piperazine rings is 1. The van der Waals surface area contributed by atoms with Crippen molar-refractivity contribution in [3.05, 3.63) is 63.7 Å². The number of likely N-dealkylation sites (N-methyl/N-ethyl adjacent to an activating group) is 1. The second-order valence-electron chi connectivity index (χ2n) is 7.18. The lowest BCUT2D eigenvalue weighted by Crippen LogP contribution is -2.45. The van der Waals surface area contributed by atoms with E-state index in [0.717, 1.165) is 44.8 Å². The Morgan fingerprint density at radius 1 is 1.18 bits per heavy atom. The van der Waals surface area contributed by atoms with Gasteiger partial charge in [-0.2, -0.15) is 0 Å². The van der Waals surface area contributed by atoms with Gasteiger partial charge in [-0.05, 0) is 31.2 Å². The number of rotatable bonds is 7. The van der Waals surface area contributed by atoms with Gasteiger partial charge in [0.25, 0.3) is 5.69 Å². The van der Waals surface area contributed by atoms with Crippen LogP contribution in [0.5, 0.6) is 0 Å². The molecule has 2 aromatic rings. The van der Waals surface area contributed by atoms with Crippen LogP contribution in [0.3, 0.4) is 0 Å². The zero-order chi connectivity index (χ0) is 20.1. The number of anilines is 2. The number of hydrogen-bond donors (Lipinski definition) is 3. The summed E-state index contributed by atoms with van der Waals surface area (Å²) in [5, 5.41) is 24.3. The first-order valence-corrected chi connectivity index (χ1v) is 9.41. The van der Waals surface area contributed by atoms with E-state index in [1.807, 2.05) is 24.3 Å². The first kappa shape index (κ1) is 20.1. The third-order valence-electron chi connectivity index (χ3n) is 5.18. The lowest BCUT2D eigenvalue weighted by Gasteiger charge is -2.32. The van der Waals surface area contributed by atoms with Crippen LogP contribution in [0.1, 0.15) is 17.4 Å². The summed E-state index contributed by atoms with van der Waals surface area (Å²) >= 11 is 0. The minimum absolute atomic E-state index is 0.0312. The Labute approximate surface area is 164 Å². The van der Waals surface area contributed by atoms with Crippen molar-refractivity contribution in [1.82, 2.24) is 9.80 Å². The molecular formula is C20H27N5O3. The second-order valence-corrected chi connectivity index (χ2v) is 7.18. The average molecular weight is 385 g/mol. The number of nitro benzene ring substituents is 1. The zero-order valence-corrected chi connectivity index (χ0v) is 16.0. The molecule has 1 unspecified atom stereocenters. The molecule has 0 bridgehead atoms. The van der Waals surface area contributed by atoms with E-state index in [0.29, 0.717) is 0 Å². The lowest BCUT2D eigenvalue weighted by atomic mass is 10.1. The van der Waals surface area contributed by atoms with Crippen molar-refractivity contribution in [3.63, 3.8) is 0 Å². The van der Waals surface area contributed by atoms with Crippen molar-refractivity contribution in [1.29, 1.82) is 0 Å². The van der Waals surface area contributed by atoms with Gasteiger partial charge in [-0.1, -0.05) is 24.3 Å². The number of aliphatic hydroxyl groups is 1. The first-order chi connectivity index (χ1) is 13.4. The van der Waals surface area contributed by atoms with Gasteiger partial charge in [-0.15, -0.1) is 0 Å². The maximum absolute atomic E-state index is 11.0. The number of nitrogens with one attached hydrogen (secondary N) is 1. The third-order valence-corrected chi connectivity index (χ3v) is 5.18. The molecule has 1 heterocycles. The Morgan fingerprint density at radius 2 is 1.86 bits per heavy atom. The largest absolute Gasteiger partial charge is 0.393 e. The van der Waals surface area contributed by atoms with Gasteiger partial charge in [0.1, 0.15) is 5.69 Å². The number of para-hydroxylation sites is 1. The number of aliphatic hydroxyl groups excluding tert-OH is 1. The fraction of sp³-hybridized carbons (Fsp3) is 0.400. The highest BCUT2D eigenvalue weighted by Crippen LogP contribution is 2.30. The quantitative estimate of drug-likeness (QED) is 0.290. The summed E-state index contributed by atoms with van der Waals surface area (Å²) < 4.78 is 0. The van der Waals surface area contributed by atoms with Crippen LogP contribution < -0.4 is 11.1 Å². The van der Waals surface area contributed by atoms with Crippen molar-refractivity contribution < 1.29 is 10.0 Å². The molecule has 3 rings (SSSR count). The van der Waals surface area contributed by atoms with E-state index in [1.54, 1.807) is 6.07 Å². The average Bonchev–Trinajstić information content (AvgIpc) is 2.68. The molecule has 150 valence electrons. The zero-order valence-electron chi connectivity index (χ0n) is 16.0. The van der Waals surface area contributed by atoms with E-state index in [4.69, 9.17) is 5.73 Å². The normalized spacial score (nSPS) is 16.6. The molecule has 4 N–H and O–H groups in total. The van der Waals surface area contributed by atoms with Crippen LogP contribution in [0.2, 0.25) is 0 Å². The summed E-state index contributed by atoms with van der Waals surface area (Å²) in [5.74, 6) is 0. The maximum Gasteiger partial charge on any atom is 0.292 e. The summed E-state index contributed by atoms with van der Waals surface area (Å²) in [5.41, 5.74) is 7.83. The van der Waals surface area contributed by atoms with E-state index in [-0.39, 0.29) is 16.9 Å². The monoisotopic (exact) mass is 385 g/mol. The Kier molecular flexibility index (Phi) is 6.45. The molecule has 2 aromatic carbocycles. The molecule has 1 aliphatic heterocycles. The van der Waals surface area contributed by atoms with Gasteiger partial charge in [0, 0.05) is 50.0 Å². The van der Waals surface area contributed by atoms with Crippen LogP contribution in [0.4, 0.5) is 17.1 Å². The molecule has 1 saturated heterocycles. The summed E-state index contributed by atoms with van der Waals surface area (Å²) in [6.45, 7) is 5.47. The molecule has 1 atom stereocenters. The first-order valence-electron chi connectivity index (χ1n) is 9.41. The number of nitro groups is 1. The molecular weight excluding hydrogens is 358 g/mol. The lowest BCUT2D eigenvalue weighted by molar-refractivity contribution is -0.384. The molecule has 1 fully saturated rings. The molecule has 8 heteroatoms. The van der Waals surface area contributed by atoms with E-state index in [1.165, 1.54) is 17.7 Å². The number of benzene rings is 2. The van der Waals surface area contributed by atoms with Crippen LogP contribution in [0.25, 0.3) is 0 Å². The van der Waals surface area contributed by atoms with Crippen molar-refractivity contribution in [3.8, 4) is 0 Å². The van der Waals surface area contributed by atoms with E-state index >= 15 is 0 Å². The van der Waals surface area contributed by atoms with E-state index in [9.17, 15) is 15.2 Å². The smallest absolute Gasteiger partial charge is 0.292 e. The Bertz CT molecular complexity index is 804. The second kappa shape index (κ2) is 9.01. The molecule has 1 aliphatic rings. The van der Waals surface area contributed by atoms with Gasteiger partial charge in [0.2, 0.25) is 0 Å². The van der Waals surface area contributed by atoms with Crippen molar-refractivity contribution in [2.75, 3.05) is 50.8 Å². The summed E-state index contributed by atoms with van der Waals surface area (Å²) in [4.78, 5) is 15.3. The maximum atomic E-state index is 11.0. The molecule has 0 saturated carbocycles. The SMILES string of the molecule is CN1CCN(CCc2ccc(NC(O)c3cccc([N+](=O)[O-])c3N)cc2)CC1. The standard InChI is InChI=1S/C20H27N5O3/c1-23-11-13-24(14-12-23)10-9-15-5-7-16(8-6-15)22-20(26)17-3-2-4-18(19(17)21)25(27)28/h2-8,20,22,26H,9-14,21H2,1H3. The highest BCUT2D eigenvalue weighted by molar-refractivity contribution is 5.64. The predicted octanol–water partition coefficient (Wildman–Crippen LogP) is 2.07. The van der Waals surface area contributed by atoms with Crippen molar-refractivity contribution in [2.24, 2.45) is 0 Å². The molecule has 0 aromatic heterocycles. The van der Waals surface area contributed by atoms with Gasteiger partial charge in [-0.3, -0.25) is 10.1 Å². The molecule has 0 radical (unpaired) electrons. The minimum Gasteiger partial charge on any atom is -0.393 e. The Balaban J connectivity index is 1.57. The van der Waals surface area contributed by atoms with Crippen LogP contribution in [-0.4, -0.2) is 59.6 Å². The minimum atomic E-state index is -1.13. The van der Waals surface area contributed by atoms with Crippen LogP contribution >= 0.6 is 0 Å². The van der Waals surface area contributed by atoms with Crippen LogP contribution in [0.15, 0.2) is 42.5 Å².